The fourth-order valence-electron chi connectivity index (χ4n) is 1.43. The number of pyridine rings is 1. The minimum Gasteiger partial charge on any atom is -0.393 e. The molecule has 6 nitrogen and oxygen atoms in total. The zero-order valence-electron chi connectivity index (χ0n) is 10.7. The molecule has 1 rings (SSSR count). The molecule has 0 spiro atoms. The van der Waals surface area contributed by atoms with Gasteiger partial charge in [-0.3, -0.25) is 4.98 Å². The van der Waals surface area contributed by atoms with Crippen molar-refractivity contribution in [1.29, 1.82) is 0 Å². The van der Waals surface area contributed by atoms with Crippen molar-refractivity contribution >= 4 is 27.2 Å². The molecule has 0 aliphatic heterocycles. The molecule has 0 aliphatic rings. The third kappa shape index (κ3) is 4.83. The van der Waals surface area contributed by atoms with E-state index >= 15 is 0 Å². The zero-order chi connectivity index (χ0) is 14.3. The largest absolute Gasteiger partial charge is 0.393 e. The number of nitrogens with two attached hydrogens (primary N) is 1. The number of sulfonamides is 1. The first-order valence-electron chi connectivity index (χ1n) is 5.66. The Balaban J connectivity index is 2.91. The molecule has 0 atom stereocenters. The highest BCUT2D eigenvalue weighted by Crippen LogP contribution is 2.14. The predicted octanol–water partition coefficient (Wildman–Crippen LogP) is 0.395. The molecular formula is C11H17N3O3S2. The van der Waals surface area contributed by atoms with Crippen molar-refractivity contribution < 1.29 is 13.2 Å². The van der Waals surface area contributed by atoms with Crippen molar-refractivity contribution in [2.45, 2.75) is 11.3 Å². The van der Waals surface area contributed by atoms with Crippen molar-refractivity contribution in [2.24, 2.45) is 5.73 Å². The molecule has 8 heteroatoms. The number of ether oxygens (including phenoxy) is 1. The molecule has 1 aromatic heterocycles. The molecular weight excluding hydrogens is 286 g/mol. The van der Waals surface area contributed by atoms with Gasteiger partial charge in [-0.25, -0.2) is 8.42 Å². The van der Waals surface area contributed by atoms with Crippen LogP contribution >= 0.6 is 12.2 Å². The summed E-state index contributed by atoms with van der Waals surface area (Å²) in [6, 6.07) is 3.08. The van der Waals surface area contributed by atoms with Crippen LogP contribution < -0.4 is 5.73 Å². The minimum atomic E-state index is -3.59. The number of hydrogen-bond acceptors (Lipinski definition) is 5. The van der Waals surface area contributed by atoms with E-state index in [-0.39, 0.29) is 23.0 Å². The molecule has 19 heavy (non-hydrogen) atoms. The standard InChI is InChI=1S/C11H17N3O3S2/c1-17-8-7-14(6-4-11(12)18)19(15,16)10-3-2-5-13-9-10/h2-3,5,9H,4,6-8H2,1H3,(H2,12,18). The second-order valence-electron chi connectivity index (χ2n) is 3.80. The first kappa shape index (κ1) is 16.0. The average molecular weight is 303 g/mol. The predicted molar refractivity (Wildman–Crippen MR) is 76.3 cm³/mol. The minimum absolute atomic E-state index is 0.147. The van der Waals surface area contributed by atoms with Crippen LogP contribution in [0.15, 0.2) is 29.4 Å². The number of thiocarbonyl (C=S) groups is 1. The van der Waals surface area contributed by atoms with E-state index in [0.29, 0.717) is 13.0 Å². The number of nitrogens with zero attached hydrogens (tertiary/aromatic N) is 2. The summed E-state index contributed by atoms with van der Waals surface area (Å²) in [5.74, 6) is 0. The lowest BCUT2D eigenvalue weighted by Crippen LogP contribution is -2.36. The van der Waals surface area contributed by atoms with Crippen molar-refractivity contribution in [1.82, 2.24) is 9.29 Å². The van der Waals surface area contributed by atoms with Gasteiger partial charge in [0.15, 0.2) is 0 Å². The van der Waals surface area contributed by atoms with Gasteiger partial charge >= 0.3 is 0 Å². The molecule has 0 bridgehead atoms. The fraction of sp³-hybridized carbons (Fsp3) is 0.455. The van der Waals surface area contributed by atoms with Crippen molar-refractivity contribution in [3.8, 4) is 0 Å². The van der Waals surface area contributed by atoms with Crippen LogP contribution in [0.5, 0.6) is 0 Å². The third-order valence-corrected chi connectivity index (χ3v) is 4.51. The van der Waals surface area contributed by atoms with E-state index < -0.39 is 10.0 Å². The second kappa shape index (κ2) is 7.49. The van der Waals surface area contributed by atoms with Crippen molar-refractivity contribution in [3.63, 3.8) is 0 Å². The Kier molecular flexibility index (Phi) is 6.29. The van der Waals surface area contributed by atoms with Gasteiger partial charge in [0, 0.05) is 39.0 Å². The summed E-state index contributed by atoms with van der Waals surface area (Å²) in [5, 5.41) is 0. The number of hydrogen-bond donors (Lipinski definition) is 1. The van der Waals surface area contributed by atoms with Gasteiger partial charge in [-0.15, -0.1) is 0 Å². The van der Waals surface area contributed by atoms with Crippen LogP contribution in [0.4, 0.5) is 0 Å². The molecule has 0 unspecified atom stereocenters. The maximum absolute atomic E-state index is 12.4. The highest BCUT2D eigenvalue weighted by Gasteiger charge is 2.24. The van der Waals surface area contributed by atoms with Gasteiger partial charge < -0.3 is 10.5 Å². The molecule has 0 aliphatic carbocycles. The van der Waals surface area contributed by atoms with Gasteiger partial charge in [0.25, 0.3) is 0 Å². The molecule has 2 N–H and O–H groups in total. The Labute approximate surface area is 118 Å². The van der Waals surface area contributed by atoms with E-state index in [1.54, 1.807) is 6.07 Å². The summed E-state index contributed by atoms with van der Waals surface area (Å²) in [4.78, 5) is 4.25. The highest BCUT2D eigenvalue weighted by molar-refractivity contribution is 7.89. The Morgan fingerprint density at radius 1 is 1.53 bits per heavy atom. The molecule has 0 aromatic carbocycles. The summed E-state index contributed by atoms with van der Waals surface area (Å²) in [7, 11) is -2.08. The maximum Gasteiger partial charge on any atom is 0.244 e. The Morgan fingerprint density at radius 2 is 2.26 bits per heavy atom. The van der Waals surface area contributed by atoms with Crippen molar-refractivity contribution in [2.75, 3.05) is 26.8 Å². The van der Waals surface area contributed by atoms with E-state index in [1.165, 1.54) is 29.9 Å². The molecule has 1 aromatic rings. The maximum atomic E-state index is 12.4. The van der Waals surface area contributed by atoms with Crippen LogP contribution in [0.3, 0.4) is 0 Å². The summed E-state index contributed by atoms with van der Waals surface area (Å²) in [5.41, 5.74) is 5.42. The highest BCUT2D eigenvalue weighted by atomic mass is 32.2. The van der Waals surface area contributed by atoms with Crippen molar-refractivity contribution in [3.05, 3.63) is 24.5 Å². The third-order valence-electron chi connectivity index (χ3n) is 2.42. The Hall–Kier alpha value is -1.09. The monoisotopic (exact) mass is 303 g/mol. The van der Waals surface area contributed by atoms with E-state index in [9.17, 15) is 8.42 Å². The molecule has 106 valence electrons. The van der Waals surface area contributed by atoms with Gasteiger partial charge in [0.05, 0.1) is 11.6 Å². The molecule has 1 heterocycles. The summed E-state index contributed by atoms with van der Waals surface area (Å²) in [6.45, 7) is 0.781. The van der Waals surface area contributed by atoms with Gasteiger partial charge in [-0.2, -0.15) is 4.31 Å². The molecule has 0 amide bonds. The lowest BCUT2D eigenvalue weighted by Gasteiger charge is -2.21. The fourth-order valence-corrected chi connectivity index (χ4v) is 2.91. The molecule has 0 fully saturated rings. The summed E-state index contributed by atoms with van der Waals surface area (Å²) >= 11 is 4.78. The smallest absolute Gasteiger partial charge is 0.244 e. The SMILES string of the molecule is COCCN(CCC(N)=S)S(=O)(=O)c1cccnc1. The van der Waals surface area contributed by atoms with E-state index in [0.717, 1.165) is 0 Å². The van der Waals surface area contributed by atoms with Crippen LogP contribution in [0, 0.1) is 0 Å². The topological polar surface area (TPSA) is 85.5 Å². The molecule has 0 saturated carbocycles. The van der Waals surface area contributed by atoms with Gasteiger partial charge in [0.2, 0.25) is 10.0 Å². The van der Waals surface area contributed by atoms with Crippen LogP contribution in [-0.2, 0) is 14.8 Å². The second-order valence-corrected chi connectivity index (χ2v) is 6.26. The molecule has 0 saturated heterocycles. The van der Waals surface area contributed by atoms with Crippen LogP contribution in [-0.4, -0.2) is 49.5 Å². The lowest BCUT2D eigenvalue weighted by molar-refractivity contribution is 0.179. The van der Waals surface area contributed by atoms with E-state index in [4.69, 9.17) is 22.7 Å². The van der Waals surface area contributed by atoms with Gasteiger partial charge in [-0.05, 0) is 12.1 Å². The Morgan fingerprint density at radius 3 is 2.79 bits per heavy atom. The van der Waals surface area contributed by atoms with E-state index in [2.05, 4.69) is 4.98 Å². The number of rotatable bonds is 8. The summed E-state index contributed by atoms with van der Waals surface area (Å²) < 4.78 is 31.0. The van der Waals surface area contributed by atoms with Crippen LogP contribution in [0.1, 0.15) is 6.42 Å². The van der Waals surface area contributed by atoms with Crippen LogP contribution in [0.2, 0.25) is 0 Å². The quantitative estimate of drug-likeness (QED) is 0.700. The Bertz CT molecular complexity index is 505. The first-order chi connectivity index (χ1) is 8.98. The normalized spacial score (nSPS) is 11.7. The average Bonchev–Trinajstić information content (AvgIpc) is 2.39. The number of aromatic nitrogens is 1. The van der Waals surface area contributed by atoms with E-state index in [1.807, 2.05) is 0 Å². The van der Waals surface area contributed by atoms with Gasteiger partial charge in [-0.1, -0.05) is 12.2 Å². The summed E-state index contributed by atoms with van der Waals surface area (Å²) in [6.07, 6.45) is 3.17. The first-order valence-corrected chi connectivity index (χ1v) is 7.50. The number of methoxy groups -OCH3 is 1. The molecule has 0 radical (unpaired) electrons. The zero-order valence-corrected chi connectivity index (χ0v) is 12.3. The van der Waals surface area contributed by atoms with Crippen LogP contribution in [0.25, 0.3) is 0 Å². The lowest BCUT2D eigenvalue weighted by atomic mass is 10.4. The van der Waals surface area contributed by atoms with Gasteiger partial charge in [0.1, 0.15) is 4.90 Å².